The van der Waals surface area contributed by atoms with Gasteiger partial charge in [0.2, 0.25) is 15.9 Å². The van der Waals surface area contributed by atoms with Crippen LogP contribution < -0.4 is 4.72 Å². The Bertz CT molecular complexity index is 1810. The maximum Gasteiger partial charge on any atom is 0.303 e. The fourth-order valence-corrected chi connectivity index (χ4v) is 8.21. The average molecular weight is 632 g/mol. The molecule has 6 rings (SSSR count). The Morgan fingerprint density at radius 1 is 0.933 bits per heavy atom. The molecule has 1 saturated heterocycles. The molecule has 2 aliphatic rings. The summed E-state index contributed by atoms with van der Waals surface area (Å²) < 4.78 is 45.2. The van der Waals surface area contributed by atoms with Crippen LogP contribution in [0.3, 0.4) is 0 Å². The van der Waals surface area contributed by atoms with Crippen LogP contribution in [-0.2, 0) is 33.1 Å². The second-order valence-corrected chi connectivity index (χ2v) is 14.0. The largest absolute Gasteiger partial charge is 0.481 e. The van der Waals surface area contributed by atoms with Crippen molar-refractivity contribution in [3.63, 3.8) is 0 Å². The number of halogens is 1. The molecule has 10 heteroatoms. The Balaban J connectivity index is 1.09. The van der Waals surface area contributed by atoms with Gasteiger partial charge in [-0.05, 0) is 92.0 Å². The summed E-state index contributed by atoms with van der Waals surface area (Å²) in [5.74, 6) is -1.15. The number of nitrogens with one attached hydrogen (secondary N) is 1. The van der Waals surface area contributed by atoms with Gasteiger partial charge in [-0.3, -0.25) is 9.59 Å². The topological polar surface area (TPSA) is 109 Å². The number of hydrogen-bond donors (Lipinski definition) is 2. The van der Waals surface area contributed by atoms with Crippen LogP contribution in [-0.4, -0.2) is 47.5 Å². The standard InChI is InChI=1S/C35H38FN3O5S/c1-38-32(25-7-4-23(5-8-25)6-19-34(40)41)21-27-13-18-30(22-33(27)38)45(43,44)37-29-16-11-26(12-17-29)35(42)39-20-2-3-31(39)24-9-14-28(36)15-10-24/h4-5,7-10,13-15,18,21-22,26,29,31,37H,2-3,6,11-12,16-17,19-20H2,1H3,(H,40,41)/t26-,29-,31?. The molecule has 1 aromatic heterocycles. The van der Waals surface area contributed by atoms with Gasteiger partial charge in [0.05, 0.1) is 10.9 Å². The second-order valence-electron chi connectivity index (χ2n) is 12.3. The third kappa shape index (κ3) is 6.67. The number of fused-ring (bicyclic) bond motifs is 1. The van der Waals surface area contributed by atoms with E-state index in [0.29, 0.717) is 38.6 Å². The summed E-state index contributed by atoms with van der Waals surface area (Å²) >= 11 is 0. The average Bonchev–Trinajstić information content (AvgIpc) is 3.65. The molecule has 2 N–H and O–H groups in total. The van der Waals surface area contributed by atoms with Crippen molar-refractivity contribution in [1.29, 1.82) is 0 Å². The number of aliphatic carboxylic acids is 1. The maximum atomic E-state index is 13.5. The van der Waals surface area contributed by atoms with Gasteiger partial charge >= 0.3 is 5.97 Å². The molecule has 0 bridgehead atoms. The Morgan fingerprint density at radius 3 is 2.33 bits per heavy atom. The lowest BCUT2D eigenvalue weighted by atomic mass is 9.85. The first-order valence-electron chi connectivity index (χ1n) is 15.6. The van der Waals surface area contributed by atoms with Crippen molar-refractivity contribution >= 4 is 32.8 Å². The van der Waals surface area contributed by atoms with Gasteiger partial charge in [0.15, 0.2) is 0 Å². The number of amides is 1. The smallest absolute Gasteiger partial charge is 0.303 e. The van der Waals surface area contributed by atoms with Crippen LogP contribution in [0.2, 0.25) is 0 Å². The molecule has 8 nitrogen and oxygen atoms in total. The molecule has 45 heavy (non-hydrogen) atoms. The zero-order chi connectivity index (χ0) is 31.7. The highest BCUT2D eigenvalue weighted by atomic mass is 32.2. The molecule has 1 aliphatic heterocycles. The van der Waals surface area contributed by atoms with Gasteiger partial charge in [-0.2, -0.15) is 0 Å². The van der Waals surface area contributed by atoms with E-state index in [1.165, 1.54) is 12.1 Å². The van der Waals surface area contributed by atoms with Crippen molar-refractivity contribution < 1.29 is 27.5 Å². The Hall–Kier alpha value is -4.02. The first-order chi connectivity index (χ1) is 21.6. The quantitative estimate of drug-likeness (QED) is 0.229. The summed E-state index contributed by atoms with van der Waals surface area (Å²) in [7, 11) is -1.88. The number of sulfonamides is 1. The minimum atomic E-state index is -3.78. The van der Waals surface area contributed by atoms with Gasteiger partial charge in [0.25, 0.3) is 0 Å². The van der Waals surface area contributed by atoms with Crippen LogP contribution >= 0.6 is 0 Å². The molecule has 4 aromatic rings. The van der Waals surface area contributed by atoms with Gasteiger partial charge in [-0.15, -0.1) is 0 Å². The zero-order valence-corrected chi connectivity index (χ0v) is 26.1. The molecule has 1 saturated carbocycles. The van der Waals surface area contributed by atoms with Gasteiger partial charge < -0.3 is 14.6 Å². The van der Waals surface area contributed by atoms with Crippen LogP contribution in [0.15, 0.2) is 77.7 Å². The molecule has 2 heterocycles. The van der Waals surface area contributed by atoms with E-state index in [0.717, 1.165) is 46.1 Å². The fourth-order valence-electron chi connectivity index (χ4n) is 6.89. The lowest BCUT2D eigenvalue weighted by molar-refractivity contribution is -0.138. The van der Waals surface area contributed by atoms with Crippen molar-refractivity contribution in [3.8, 4) is 11.3 Å². The molecular formula is C35H38FN3O5S. The first kappa shape index (κ1) is 31.0. The van der Waals surface area contributed by atoms with Crippen molar-refractivity contribution in [1.82, 2.24) is 14.2 Å². The lowest BCUT2D eigenvalue weighted by Gasteiger charge is -2.33. The third-order valence-corrected chi connectivity index (χ3v) is 10.9. The molecule has 1 aliphatic carbocycles. The van der Waals surface area contributed by atoms with E-state index in [9.17, 15) is 22.4 Å². The predicted octanol–water partition coefficient (Wildman–Crippen LogP) is 6.20. The second kappa shape index (κ2) is 12.8. The van der Waals surface area contributed by atoms with Gasteiger partial charge in [0.1, 0.15) is 5.82 Å². The molecule has 0 spiro atoms. The number of carboxylic acid groups (broad SMARTS) is 1. The highest BCUT2D eigenvalue weighted by Crippen LogP contribution is 2.36. The fraction of sp³-hybridized carbons (Fsp3) is 0.371. The first-order valence-corrected chi connectivity index (χ1v) is 17.1. The highest BCUT2D eigenvalue weighted by molar-refractivity contribution is 7.89. The minimum absolute atomic E-state index is 0.0366. The molecule has 1 amide bonds. The number of carboxylic acids is 1. The number of likely N-dealkylation sites (tertiary alicyclic amines) is 1. The van der Waals surface area contributed by atoms with Gasteiger partial charge in [-0.25, -0.2) is 17.5 Å². The van der Waals surface area contributed by atoms with E-state index in [1.807, 2.05) is 52.9 Å². The number of benzene rings is 3. The monoisotopic (exact) mass is 631 g/mol. The Morgan fingerprint density at radius 2 is 1.64 bits per heavy atom. The van der Waals surface area contributed by atoms with E-state index < -0.39 is 16.0 Å². The van der Waals surface area contributed by atoms with Gasteiger partial charge in [-0.1, -0.05) is 42.5 Å². The van der Waals surface area contributed by atoms with Crippen LogP contribution in [0, 0.1) is 11.7 Å². The SMILES string of the molecule is Cn1c(-c2ccc(CCC(=O)O)cc2)cc2ccc(S(=O)(=O)N[C@H]3CC[C@H](C(=O)N4CCCC4c4ccc(F)cc4)CC3)cc21. The lowest BCUT2D eigenvalue weighted by Crippen LogP contribution is -2.42. The molecule has 1 unspecified atom stereocenters. The molecule has 2 fully saturated rings. The van der Waals surface area contributed by atoms with Crippen molar-refractivity contribution in [2.45, 2.75) is 68.3 Å². The third-order valence-electron chi connectivity index (χ3n) is 9.39. The van der Waals surface area contributed by atoms with E-state index in [1.54, 1.807) is 24.3 Å². The number of hydrogen-bond acceptors (Lipinski definition) is 4. The number of carbonyl (C=O) groups excluding carboxylic acids is 1. The van der Waals surface area contributed by atoms with E-state index >= 15 is 0 Å². The minimum Gasteiger partial charge on any atom is -0.481 e. The molecule has 0 radical (unpaired) electrons. The summed E-state index contributed by atoms with van der Waals surface area (Å²) in [6.45, 7) is 0.689. The Labute approximate surface area is 262 Å². The van der Waals surface area contributed by atoms with E-state index in [4.69, 9.17) is 5.11 Å². The number of nitrogens with zero attached hydrogens (tertiary/aromatic N) is 2. The molecule has 1 atom stereocenters. The van der Waals surface area contributed by atoms with Crippen LogP contribution in [0.5, 0.6) is 0 Å². The number of carbonyl (C=O) groups is 2. The van der Waals surface area contributed by atoms with Crippen molar-refractivity contribution in [2.24, 2.45) is 13.0 Å². The molecule has 236 valence electrons. The van der Waals surface area contributed by atoms with E-state index in [-0.39, 0.29) is 41.0 Å². The van der Waals surface area contributed by atoms with Crippen molar-refractivity contribution in [2.75, 3.05) is 6.54 Å². The van der Waals surface area contributed by atoms with Crippen molar-refractivity contribution in [3.05, 3.63) is 89.7 Å². The maximum absolute atomic E-state index is 13.5. The van der Waals surface area contributed by atoms with Crippen LogP contribution in [0.25, 0.3) is 22.2 Å². The highest BCUT2D eigenvalue weighted by Gasteiger charge is 2.36. The molecular weight excluding hydrogens is 593 g/mol. The van der Waals surface area contributed by atoms with Crippen LogP contribution in [0.1, 0.15) is 62.1 Å². The summed E-state index contributed by atoms with van der Waals surface area (Å²) in [5, 5.41) is 9.86. The van der Waals surface area contributed by atoms with Gasteiger partial charge in [0, 0.05) is 48.6 Å². The summed E-state index contributed by atoms with van der Waals surface area (Å²) in [5.41, 5.74) is 4.58. The number of aromatic nitrogens is 1. The summed E-state index contributed by atoms with van der Waals surface area (Å²) in [6.07, 6.45) is 4.73. The summed E-state index contributed by atoms with van der Waals surface area (Å²) in [4.78, 5) is 26.5. The van der Waals surface area contributed by atoms with E-state index in [2.05, 4.69) is 4.72 Å². The number of aryl methyl sites for hydroxylation is 2. The predicted molar refractivity (Wildman–Crippen MR) is 170 cm³/mol. The zero-order valence-electron chi connectivity index (χ0n) is 25.3. The Kier molecular flexibility index (Phi) is 8.79. The normalized spacial score (nSPS) is 20.5. The number of rotatable bonds is 9. The summed E-state index contributed by atoms with van der Waals surface area (Å²) in [6, 6.07) is 21.0. The van der Waals surface area contributed by atoms with Crippen LogP contribution in [0.4, 0.5) is 4.39 Å². The molecule has 3 aromatic carbocycles.